The third-order valence-electron chi connectivity index (χ3n) is 2.90. The average Bonchev–Trinajstić information content (AvgIpc) is 2.94. The van der Waals surface area contributed by atoms with Gasteiger partial charge in [0.15, 0.2) is 0 Å². The number of thioether (sulfide) groups is 1. The van der Waals surface area contributed by atoms with Crippen LogP contribution >= 0.6 is 24.0 Å². The predicted molar refractivity (Wildman–Crippen MR) is 86.8 cm³/mol. The summed E-state index contributed by atoms with van der Waals surface area (Å²) in [5.74, 6) is -0.565. The molecular weight excluding hydrogens is 308 g/mol. The molecule has 1 aliphatic rings. The van der Waals surface area contributed by atoms with E-state index >= 15 is 0 Å². The molecule has 110 valence electrons. The Morgan fingerprint density at radius 2 is 2.29 bits per heavy atom. The predicted octanol–water partition coefficient (Wildman–Crippen LogP) is 2.20. The van der Waals surface area contributed by atoms with E-state index in [1.165, 1.54) is 23.8 Å². The van der Waals surface area contributed by atoms with Crippen LogP contribution in [-0.4, -0.2) is 39.3 Å². The van der Waals surface area contributed by atoms with Crippen LogP contribution in [0.1, 0.15) is 16.1 Å². The van der Waals surface area contributed by atoms with Gasteiger partial charge >= 0.3 is 5.97 Å². The highest BCUT2D eigenvalue weighted by Crippen LogP contribution is 2.32. The van der Waals surface area contributed by atoms with Crippen LogP contribution in [0.2, 0.25) is 0 Å². The number of thiocarbonyl (C=S) groups is 1. The number of ether oxygens (including phenoxy) is 1. The maximum absolute atomic E-state index is 12.2. The normalized spacial score (nSPS) is 16.7. The second-order valence-electron chi connectivity index (χ2n) is 4.34. The molecule has 1 aromatic rings. The summed E-state index contributed by atoms with van der Waals surface area (Å²) >= 11 is 6.41. The van der Waals surface area contributed by atoms with Crippen LogP contribution in [0.25, 0.3) is 6.08 Å². The van der Waals surface area contributed by atoms with Crippen molar-refractivity contribution in [3.8, 4) is 0 Å². The van der Waals surface area contributed by atoms with E-state index in [-0.39, 0.29) is 5.91 Å². The number of carbonyl (C=O) groups excluding carboxylic acids is 2. The zero-order chi connectivity index (χ0) is 15.6. The van der Waals surface area contributed by atoms with E-state index in [1.54, 1.807) is 36.0 Å². The topological polar surface area (TPSA) is 51.5 Å². The molecule has 1 amide bonds. The lowest BCUT2D eigenvalue weighted by molar-refractivity contribution is -0.121. The number of aryl methyl sites for hydroxylation is 1. The van der Waals surface area contributed by atoms with Crippen LogP contribution in [0.15, 0.2) is 29.8 Å². The molecular formula is C14H14N2O3S2. The lowest BCUT2D eigenvalue weighted by Gasteiger charge is -2.10. The van der Waals surface area contributed by atoms with Crippen molar-refractivity contribution in [2.24, 2.45) is 7.05 Å². The molecule has 7 heteroatoms. The SMILES string of the molecule is C=CCN1C(=O)/C(=C\c2cc(C(=O)OC)n(C)c2)SC1=S. The zero-order valence-corrected chi connectivity index (χ0v) is 13.3. The molecule has 0 aromatic carbocycles. The number of aromatic nitrogens is 1. The number of hydrogen-bond acceptors (Lipinski definition) is 5. The Morgan fingerprint density at radius 3 is 2.90 bits per heavy atom. The molecule has 0 saturated carbocycles. The lowest BCUT2D eigenvalue weighted by Crippen LogP contribution is -2.27. The van der Waals surface area contributed by atoms with Gasteiger partial charge in [0.05, 0.1) is 12.0 Å². The van der Waals surface area contributed by atoms with E-state index in [1.807, 2.05) is 0 Å². The van der Waals surface area contributed by atoms with Gasteiger partial charge in [-0.3, -0.25) is 9.69 Å². The summed E-state index contributed by atoms with van der Waals surface area (Å²) in [6, 6.07) is 1.67. The van der Waals surface area contributed by atoms with Gasteiger partial charge < -0.3 is 9.30 Å². The number of hydrogen-bond donors (Lipinski definition) is 0. The Balaban J connectivity index is 2.29. The average molecular weight is 322 g/mol. The highest BCUT2D eigenvalue weighted by atomic mass is 32.2. The molecule has 2 rings (SSSR count). The Hall–Kier alpha value is -1.86. The third-order valence-corrected chi connectivity index (χ3v) is 4.28. The molecule has 1 fully saturated rings. The first kappa shape index (κ1) is 15.5. The summed E-state index contributed by atoms with van der Waals surface area (Å²) in [6.45, 7) is 4.00. The summed E-state index contributed by atoms with van der Waals surface area (Å²) in [4.78, 5) is 25.8. The summed E-state index contributed by atoms with van der Waals surface area (Å²) in [5, 5.41) is 0. The van der Waals surface area contributed by atoms with Crippen LogP contribution in [0, 0.1) is 0 Å². The Labute approximate surface area is 132 Å². The van der Waals surface area contributed by atoms with Crippen molar-refractivity contribution in [1.82, 2.24) is 9.47 Å². The minimum atomic E-state index is -0.420. The van der Waals surface area contributed by atoms with Gasteiger partial charge in [-0.05, 0) is 17.7 Å². The Bertz CT molecular complexity index is 661. The third kappa shape index (κ3) is 3.08. The van der Waals surface area contributed by atoms with Crippen LogP contribution in [0.4, 0.5) is 0 Å². The summed E-state index contributed by atoms with van der Waals surface area (Å²) in [5.41, 5.74) is 1.17. The first-order chi connectivity index (χ1) is 9.97. The summed E-state index contributed by atoms with van der Waals surface area (Å²) in [7, 11) is 3.07. The van der Waals surface area contributed by atoms with E-state index in [9.17, 15) is 9.59 Å². The molecule has 0 radical (unpaired) electrons. The minimum absolute atomic E-state index is 0.145. The van der Waals surface area contributed by atoms with Crippen LogP contribution in [0.3, 0.4) is 0 Å². The van der Waals surface area contributed by atoms with E-state index < -0.39 is 5.97 Å². The molecule has 21 heavy (non-hydrogen) atoms. The molecule has 0 aliphatic carbocycles. The maximum atomic E-state index is 12.2. The van der Waals surface area contributed by atoms with Crippen molar-refractivity contribution in [2.75, 3.05) is 13.7 Å². The van der Waals surface area contributed by atoms with Crippen molar-refractivity contribution in [3.63, 3.8) is 0 Å². The number of amides is 1. The first-order valence-electron chi connectivity index (χ1n) is 6.09. The lowest BCUT2D eigenvalue weighted by atomic mass is 10.2. The molecule has 0 unspecified atom stereocenters. The van der Waals surface area contributed by atoms with Crippen molar-refractivity contribution in [1.29, 1.82) is 0 Å². The molecule has 0 bridgehead atoms. The first-order valence-corrected chi connectivity index (χ1v) is 7.31. The Kier molecular flexibility index (Phi) is 4.64. The van der Waals surface area contributed by atoms with Gasteiger partial charge in [-0.15, -0.1) is 6.58 Å². The highest BCUT2D eigenvalue weighted by Gasteiger charge is 2.31. The van der Waals surface area contributed by atoms with Crippen molar-refractivity contribution in [3.05, 3.63) is 41.1 Å². The van der Waals surface area contributed by atoms with Crippen LogP contribution < -0.4 is 0 Å². The number of rotatable bonds is 4. The Morgan fingerprint density at radius 1 is 1.57 bits per heavy atom. The fourth-order valence-corrected chi connectivity index (χ4v) is 3.19. The van der Waals surface area contributed by atoms with Gasteiger partial charge in [0, 0.05) is 19.8 Å². The quantitative estimate of drug-likeness (QED) is 0.368. The minimum Gasteiger partial charge on any atom is -0.464 e. The largest absolute Gasteiger partial charge is 0.464 e. The smallest absolute Gasteiger partial charge is 0.354 e. The molecule has 5 nitrogen and oxygen atoms in total. The fourth-order valence-electron chi connectivity index (χ4n) is 1.91. The number of esters is 1. The van der Waals surface area contributed by atoms with E-state index in [0.29, 0.717) is 21.5 Å². The van der Waals surface area contributed by atoms with Gasteiger partial charge in [-0.1, -0.05) is 30.1 Å². The molecule has 0 atom stereocenters. The number of methoxy groups -OCH3 is 1. The molecule has 1 saturated heterocycles. The van der Waals surface area contributed by atoms with Gasteiger partial charge in [-0.25, -0.2) is 4.79 Å². The monoisotopic (exact) mass is 322 g/mol. The van der Waals surface area contributed by atoms with Crippen molar-refractivity contribution in [2.45, 2.75) is 0 Å². The van der Waals surface area contributed by atoms with Crippen LogP contribution in [-0.2, 0) is 16.6 Å². The summed E-state index contributed by atoms with van der Waals surface area (Å²) in [6.07, 6.45) is 5.10. The van der Waals surface area contributed by atoms with Gasteiger partial charge in [-0.2, -0.15) is 0 Å². The van der Waals surface area contributed by atoms with Gasteiger partial charge in [0.2, 0.25) is 0 Å². The molecule has 1 aromatic heterocycles. The molecule has 1 aliphatic heterocycles. The van der Waals surface area contributed by atoms with E-state index in [4.69, 9.17) is 17.0 Å². The zero-order valence-electron chi connectivity index (χ0n) is 11.7. The maximum Gasteiger partial charge on any atom is 0.354 e. The van der Waals surface area contributed by atoms with E-state index in [2.05, 4.69) is 6.58 Å². The standard InChI is InChI=1S/C14H14N2O3S2/c1-4-5-16-12(17)11(21-14(16)20)7-9-6-10(13(18)19-3)15(2)8-9/h4,6-8H,1,5H2,2-3H3/b11-7+. The summed E-state index contributed by atoms with van der Waals surface area (Å²) < 4.78 is 6.86. The molecule has 2 heterocycles. The molecule has 0 N–H and O–H groups in total. The van der Waals surface area contributed by atoms with Gasteiger partial charge in [0.1, 0.15) is 10.0 Å². The van der Waals surface area contributed by atoms with E-state index in [0.717, 1.165) is 5.56 Å². The van der Waals surface area contributed by atoms with Crippen molar-refractivity contribution >= 4 is 46.3 Å². The fraction of sp³-hybridized carbons (Fsp3) is 0.214. The number of nitrogens with zero attached hydrogens (tertiary/aromatic N) is 2. The highest BCUT2D eigenvalue weighted by molar-refractivity contribution is 8.26. The molecule has 0 spiro atoms. The van der Waals surface area contributed by atoms with Crippen molar-refractivity contribution < 1.29 is 14.3 Å². The van der Waals surface area contributed by atoms with Gasteiger partial charge in [0.25, 0.3) is 5.91 Å². The second kappa shape index (κ2) is 6.28. The number of carbonyl (C=O) groups is 2. The second-order valence-corrected chi connectivity index (χ2v) is 6.02. The van der Waals surface area contributed by atoms with Crippen LogP contribution in [0.5, 0.6) is 0 Å².